The summed E-state index contributed by atoms with van der Waals surface area (Å²) in [6.07, 6.45) is -0.598. The largest absolute Gasteiger partial charge is 0.462 e. The standard InChI is InChI=1S/C23H34O8/c1-11(24)31-15-7-8-20(2,3)16-19(27)23(28)22-14(21(15,16)10-30-23)6-5-12(17(22)25)13(9-29-4)18(22)26/h12-17,19,25,27-28H,5-10H2,1-4H3/t12-,13+,14+,15+,16-,17-,19+,21-,22-,23-/m1/s1. The molecule has 2 spiro atoms. The molecule has 4 bridgehead atoms. The Labute approximate surface area is 182 Å². The van der Waals surface area contributed by atoms with E-state index in [-0.39, 0.29) is 30.3 Å². The summed E-state index contributed by atoms with van der Waals surface area (Å²) in [6.45, 7) is 5.70. The number of esters is 1. The van der Waals surface area contributed by atoms with Crippen molar-refractivity contribution in [3.05, 3.63) is 0 Å². The molecule has 10 atom stereocenters. The topological polar surface area (TPSA) is 123 Å². The first-order valence-electron chi connectivity index (χ1n) is 11.4. The van der Waals surface area contributed by atoms with E-state index in [1.165, 1.54) is 14.0 Å². The smallest absolute Gasteiger partial charge is 0.302 e. The predicted octanol–water partition coefficient (Wildman–Crippen LogP) is 0.653. The number of ketones is 1. The first-order chi connectivity index (χ1) is 14.5. The fraction of sp³-hybridized carbons (Fsp3) is 0.913. The Kier molecular flexibility index (Phi) is 4.57. The molecule has 174 valence electrons. The zero-order valence-corrected chi connectivity index (χ0v) is 18.7. The highest BCUT2D eigenvalue weighted by Crippen LogP contribution is 2.76. The van der Waals surface area contributed by atoms with E-state index in [1.807, 2.05) is 0 Å². The van der Waals surface area contributed by atoms with Crippen LogP contribution in [-0.2, 0) is 23.8 Å². The normalized spacial score (nSPS) is 54.3. The SMILES string of the molecule is COC[C@@H]1C(=O)[C@]23[C@H](O)[C@@H]1CC[C@H]2[C@@]12CO[C@]3(O)[C@@H](O)[C@@H]1C(C)(C)CC[C@@H]2OC(C)=O. The van der Waals surface area contributed by atoms with E-state index in [0.29, 0.717) is 25.7 Å². The average molecular weight is 439 g/mol. The summed E-state index contributed by atoms with van der Waals surface area (Å²) in [7, 11) is 1.51. The lowest BCUT2D eigenvalue weighted by Crippen LogP contribution is -2.85. The van der Waals surface area contributed by atoms with Crippen LogP contribution in [0.5, 0.6) is 0 Å². The zero-order valence-electron chi connectivity index (χ0n) is 18.7. The highest BCUT2D eigenvalue weighted by Gasteiger charge is 2.87. The molecule has 2 heterocycles. The molecule has 6 rings (SSSR count). The molecule has 6 aliphatic rings. The zero-order chi connectivity index (χ0) is 22.6. The second kappa shape index (κ2) is 6.50. The lowest BCUT2D eigenvalue weighted by molar-refractivity contribution is -0.458. The number of rotatable bonds is 3. The predicted molar refractivity (Wildman–Crippen MR) is 106 cm³/mol. The van der Waals surface area contributed by atoms with Crippen LogP contribution in [0.2, 0.25) is 0 Å². The monoisotopic (exact) mass is 438 g/mol. The van der Waals surface area contributed by atoms with Crippen LogP contribution in [-0.4, -0.2) is 71.5 Å². The van der Waals surface area contributed by atoms with Crippen molar-refractivity contribution in [1.82, 2.24) is 0 Å². The molecule has 0 aromatic carbocycles. The summed E-state index contributed by atoms with van der Waals surface area (Å²) >= 11 is 0. The number of ether oxygens (including phenoxy) is 3. The van der Waals surface area contributed by atoms with Crippen molar-refractivity contribution in [3.63, 3.8) is 0 Å². The fourth-order valence-corrected chi connectivity index (χ4v) is 8.82. The summed E-state index contributed by atoms with van der Waals surface area (Å²) in [5.41, 5.74) is -2.88. The van der Waals surface area contributed by atoms with E-state index in [1.54, 1.807) is 0 Å². The fourth-order valence-electron chi connectivity index (χ4n) is 8.82. The number of hydrogen-bond acceptors (Lipinski definition) is 8. The van der Waals surface area contributed by atoms with Gasteiger partial charge in [-0.05, 0) is 42.9 Å². The third-order valence-electron chi connectivity index (χ3n) is 9.70. The summed E-state index contributed by atoms with van der Waals surface area (Å²) in [4.78, 5) is 26.0. The summed E-state index contributed by atoms with van der Waals surface area (Å²) < 4.78 is 17.1. The van der Waals surface area contributed by atoms with E-state index < -0.39 is 58.7 Å². The number of carbonyl (C=O) groups is 2. The molecule has 0 unspecified atom stereocenters. The molecule has 8 nitrogen and oxygen atoms in total. The summed E-state index contributed by atoms with van der Waals surface area (Å²) in [6, 6.07) is 0. The second-order valence-electron chi connectivity index (χ2n) is 11.2. The molecule has 0 radical (unpaired) electrons. The Morgan fingerprint density at radius 1 is 1.19 bits per heavy atom. The number of fused-ring (bicyclic) bond motifs is 2. The average Bonchev–Trinajstić information content (AvgIpc) is 2.81. The molecule has 8 heteroatoms. The van der Waals surface area contributed by atoms with Crippen molar-refractivity contribution in [2.75, 3.05) is 20.3 Å². The van der Waals surface area contributed by atoms with Gasteiger partial charge in [-0.3, -0.25) is 9.59 Å². The van der Waals surface area contributed by atoms with Crippen molar-refractivity contribution in [2.45, 2.75) is 70.6 Å². The van der Waals surface area contributed by atoms with Crippen molar-refractivity contribution >= 4 is 11.8 Å². The quantitative estimate of drug-likeness (QED) is 0.549. The Hall–Kier alpha value is -1.06. The molecular formula is C23H34O8. The van der Waals surface area contributed by atoms with E-state index in [2.05, 4.69) is 13.8 Å². The number of aliphatic hydroxyl groups is 3. The molecule has 2 saturated heterocycles. The first kappa shape index (κ1) is 21.8. The number of methoxy groups -OCH3 is 1. The van der Waals surface area contributed by atoms with Gasteiger partial charge >= 0.3 is 5.97 Å². The minimum absolute atomic E-state index is 0.0820. The van der Waals surface area contributed by atoms with E-state index in [4.69, 9.17) is 14.2 Å². The molecule has 4 aliphatic carbocycles. The first-order valence-corrected chi connectivity index (χ1v) is 11.4. The van der Waals surface area contributed by atoms with Gasteiger partial charge in [0.1, 0.15) is 17.6 Å². The summed E-state index contributed by atoms with van der Waals surface area (Å²) in [5, 5.41) is 35.1. The highest BCUT2D eigenvalue weighted by atomic mass is 16.6. The van der Waals surface area contributed by atoms with Crippen LogP contribution >= 0.6 is 0 Å². The Balaban J connectivity index is 1.74. The van der Waals surface area contributed by atoms with Gasteiger partial charge in [0.15, 0.2) is 5.78 Å². The van der Waals surface area contributed by atoms with Gasteiger partial charge in [-0.2, -0.15) is 0 Å². The lowest BCUT2D eigenvalue weighted by Gasteiger charge is -2.74. The maximum atomic E-state index is 13.9. The number of aliphatic hydroxyl groups excluding tert-OH is 2. The number of carbonyl (C=O) groups excluding carboxylic acids is 2. The van der Waals surface area contributed by atoms with Crippen molar-refractivity contribution in [2.24, 2.45) is 39.9 Å². The van der Waals surface area contributed by atoms with E-state index in [9.17, 15) is 24.9 Å². The van der Waals surface area contributed by atoms with Crippen LogP contribution in [0.3, 0.4) is 0 Å². The van der Waals surface area contributed by atoms with Crippen LogP contribution < -0.4 is 0 Å². The van der Waals surface area contributed by atoms with Crippen LogP contribution in [0, 0.1) is 39.9 Å². The number of Topliss-reactive ketones (excluding diaryl/α,β-unsaturated/α-hetero) is 1. The van der Waals surface area contributed by atoms with Gasteiger partial charge in [-0.1, -0.05) is 13.8 Å². The van der Waals surface area contributed by atoms with Gasteiger partial charge in [0.05, 0.1) is 19.3 Å². The highest BCUT2D eigenvalue weighted by molar-refractivity contribution is 5.93. The minimum atomic E-state index is -2.18. The van der Waals surface area contributed by atoms with E-state index >= 15 is 0 Å². The van der Waals surface area contributed by atoms with Gasteiger partial charge < -0.3 is 29.5 Å². The van der Waals surface area contributed by atoms with Crippen LogP contribution in [0.1, 0.15) is 46.5 Å². The summed E-state index contributed by atoms with van der Waals surface area (Å²) in [5.74, 6) is -4.72. The molecule has 6 fully saturated rings. The third-order valence-corrected chi connectivity index (χ3v) is 9.70. The van der Waals surface area contributed by atoms with E-state index in [0.717, 1.165) is 0 Å². The third kappa shape index (κ3) is 2.24. The van der Waals surface area contributed by atoms with Crippen molar-refractivity contribution in [3.8, 4) is 0 Å². The molecule has 31 heavy (non-hydrogen) atoms. The molecule has 0 amide bonds. The maximum absolute atomic E-state index is 13.9. The second-order valence-corrected chi connectivity index (χ2v) is 11.2. The van der Waals surface area contributed by atoms with Gasteiger partial charge in [-0.25, -0.2) is 0 Å². The molecule has 0 aromatic heterocycles. The van der Waals surface area contributed by atoms with Crippen LogP contribution in [0.25, 0.3) is 0 Å². The van der Waals surface area contributed by atoms with Gasteiger partial charge in [-0.15, -0.1) is 0 Å². The molecular weight excluding hydrogens is 404 g/mol. The van der Waals surface area contributed by atoms with Gasteiger partial charge in [0.2, 0.25) is 5.79 Å². The number of hydrogen-bond donors (Lipinski definition) is 3. The Morgan fingerprint density at radius 3 is 2.55 bits per heavy atom. The molecule has 4 saturated carbocycles. The van der Waals surface area contributed by atoms with Crippen LogP contribution in [0.4, 0.5) is 0 Å². The van der Waals surface area contributed by atoms with Gasteiger partial charge in [0.25, 0.3) is 0 Å². The Morgan fingerprint density at radius 2 is 1.90 bits per heavy atom. The molecule has 2 aliphatic heterocycles. The Bertz CT molecular complexity index is 811. The molecule has 3 N–H and O–H groups in total. The minimum Gasteiger partial charge on any atom is -0.462 e. The van der Waals surface area contributed by atoms with Gasteiger partial charge in [0, 0.05) is 31.3 Å². The van der Waals surface area contributed by atoms with Crippen molar-refractivity contribution < 1.29 is 39.1 Å². The molecule has 0 aromatic rings. The van der Waals surface area contributed by atoms with Crippen molar-refractivity contribution in [1.29, 1.82) is 0 Å². The lowest BCUT2D eigenvalue weighted by atomic mass is 9.35. The van der Waals surface area contributed by atoms with Crippen LogP contribution in [0.15, 0.2) is 0 Å². The maximum Gasteiger partial charge on any atom is 0.302 e.